The summed E-state index contributed by atoms with van der Waals surface area (Å²) in [6, 6.07) is 0. The lowest BCUT2D eigenvalue weighted by atomic mass is 10.2. The van der Waals surface area contributed by atoms with E-state index in [9.17, 15) is 0 Å². The second-order valence-corrected chi connectivity index (χ2v) is 5.71. The zero-order valence-corrected chi connectivity index (χ0v) is 18.7. The van der Waals surface area contributed by atoms with Gasteiger partial charge in [0.1, 0.15) is 0 Å². The number of nitrogens with two attached hydrogens (primary N) is 2. The Hall–Kier alpha value is -0.280. The molecule has 0 saturated heterocycles. The lowest BCUT2D eigenvalue weighted by molar-refractivity contribution is -0.172. The van der Waals surface area contributed by atoms with Crippen molar-refractivity contribution in [2.24, 2.45) is 17.4 Å². The lowest BCUT2D eigenvalue weighted by Gasteiger charge is -2.15. The maximum atomic E-state index is 8.80. The maximum absolute atomic E-state index is 8.80. The summed E-state index contributed by atoms with van der Waals surface area (Å²) in [5, 5.41) is 8.80. The van der Waals surface area contributed by atoms with E-state index in [1.54, 1.807) is 13.8 Å². The van der Waals surface area contributed by atoms with Gasteiger partial charge in [-0.25, -0.2) is 0 Å². The van der Waals surface area contributed by atoms with Gasteiger partial charge >= 0.3 is 0 Å². The Kier molecular flexibility index (Phi) is 85.3. The monoisotopic (exact) mass is 392 g/mol. The van der Waals surface area contributed by atoms with Gasteiger partial charge in [-0.3, -0.25) is 0 Å². The summed E-state index contributed by atoms with van der Waals surface area (Å²) >= 11 is 0. The largest absolute Gasteiger partial charge is 0.412 e. The molecule has 13 N–H and O–H groups in total. The van der Waals surface area contributed by atoms with Gasteiger partial charge in [-0.2, -0.15) is 0 Å². The minimum Gasteiger partial charge on any atom is -0.412 e. The van der Waals surface area contributed by atoms with E-state index in [0.717, 1.165) is 13.1 Å². The quantitative estimate of drug-likeness (QED) is 0.295. The number of ether oxygens (including phenoxy) is 1. The lowest BCUT2D eigenvalue weighted by Crippen LogP contribution is -2.22. The van der Waals surface area contributed by atoms with Gasteiger partial charge in [0, 0.05) is 8.03 Å². The van der Waals surface area contributed by atoms with Crippen molar-refractivity contribution < 1.29 is 16.7 Å². The molecule has 26 heavy (non-hydrogen) atoms. The van der Waals surface area contributed by atoms with Gasteiger partial charge in [0.25, 0.3) is 0 Å². The molecule has 0 aliphatic carbocycles. The molecule has 0 radical (unpaired) electrons. The molecule has 0 aromatic carbocycles. The SMILES string of the molecule is C.CC.CC(C)CN.CCCCCCCN.CCOC(C)(C)O.N.N.O.[HH]. The first-order chi connectivity index (χ1) is 10.2. The molecule has 0 aromatic rings. The third-order valence-corrected chi connectivity index (χ3v) is 2.28. The summed E-state index contributed by atoms with van der Waals surface area (Å²) in [6.45, 7) is 17.7. The van der Waals surface area contributed by atoms with E-state index in [2.05, 4.69) is 20.8 Å². The second-order valence-electron chi connectivity index (χ2n) is 5.71. The fourth-order valence-corrected chi connectivity index (χ4v) is 1.10. The van der Waals surface area contributed by atoms with E-state index in [4.69, 9.17) is 21.3 Å². The van der Waals surface area contributed by atoms with Gasteiger partial charge in [0.05, 0.1) is 0 Å². The van der Waals surface area contributed by atoms with Gasteiger partial charge in [-0.15, -0.1) is 0 Å². The van der Waals surface area contributed by atoms with Crippen molar-refractivity contribution in [2.45, 2.75) is 101 Å². The highest BCUT2D eigenvalue weighted by Crippen LogP contribution is 2.00. The number of hydrogen-bond acceptors (Lipinski definition) is 6. The zero-order chi connectivity index (χ0) is 18.4. The van der Waals surface area contributed by atoms with Crippen LogP contribution in [0.3, 0.4) is 0 Å². The van der Waals surface area contributed by atoms with Crippen LogP contribution < -0.4 is 23.8 Å². The van der Waals surface area contributed by atoms with E-state index < -0.39 is 5.79 Å². The van der Waals surface area contributed by atoms with Gasteiger partial charge in [-0.05, 0) is 46.2 Å². The molecular formula is C19H60N4O3. The number of aliphatic hydroxyl groups is 1. The van der Waals surface area contributed by atoms with Crippen LogP contribution in [0.4, 0.5) is 0 Å². The van der Waals surface area contributed by atoms with Crippen LogP contribution in [0.25, 0.3) is 0 Å². The summed E-state index contributed by atoms with van der Waals surface area (Å²) in [5.41, 5.74) is 10.5. The van der Waals surface area contributed by atoms with Crippen LogP contribution >= 0.6 is 0 Å². The molecule has 0 bridgehead atoms. The van der Waals surface area contributed by atoms with Gasteiger partial charge in [0.2, 0.25) is 0 Å². The van der Waals surface area contributed by atoms with Crippen molar-refractivity contribution in [3.05, 3.63) is 0 Å². The minimum atomic E-state index is -0.950. The van der Waals surface area contributed by atoms with Gasteiger partial charge in [-0.1, -0.05) is 67.7 Å². The standard InChI is InChI=1S/C7H17N.C5H12O2.C4H11N.C2H6.CH4.2H3N.H2O.H2/c1-2-3-4-5-6-7-8;1-4-7-5(2,3)6;1-4(2)3-5;1-2;;;;;/h2-8H2,1H3;6H,4H2,1-3H3;4H,3,5H2,1-2H3;1-2H3;1H4;2*1H3;1H2;1H. The van der Waals surface area contributed by atoms with E-state index >= 15 is 0 Å². The average Bonchev–Trinajstić information content (AvgIpc) is 2.46. The molecule has 7 nitrogen and oxygen atoms in total. The Balaban J connectivity index is -0.0000000229. The molecule has 174 valence electrons. The first kappa shape index (κ1) is 50.1. The molecule has 0 atom stereocenters. The molecule has 0 unspecified atom stereocenters. The molecular weight excluding hydrogens is 332 g/mol. The summed E-state index contributed by atoms with van der Waals surface area (Å²) < 4.78 is 4.78. The van der Waals surface area contributed by atoms with Crippen LogP contribution in [0.2, 0.25) is 0 Å². The van der Waals surface area contributed by atoms with Crippen molar-refractivity contribution >= 4 is 0 Å². The Morgan fingerprint density at radius 3 is 1.46 bits per heavy atom. The summed E-state index contributed by atoms with van der Waals surface area (Å²) in [4.78, 5) is 0. The predicted molar refractivity (Wildman–Crippen MR) is 123 cm³/mol. The van der Waals surface area contributed by atoms with Crippen LogP contribution in [0, 0.1) is 5.92 Å². The molecule has 0 aromatic heterocycles. The number of unbranched alkanes of at least 4 members (excludes halogenated alkanes) is 4. The van der Waals surface area contributed by atoms with Gasteiger partial charge in [0.15, 0.2) is 5.79 Å². The van der Waals surface area contributed by atoms with E-state index in [1.807, 2.05) is 20.8 Å². The maximum Gasteiger partial charge on any atom is 0.159 e. The van der Waals surface area contributed by atoms with E-state index in [1.165, 1.54) is 32.1 Å². The third kappa shape index (κ3) is 107. The Morgan fingerprint density at radius 2 is 1.31 bits per heavy atom. The van der Waals surface area contributed by atoms with Gasteiger partial charge < -0.3 is 39.1 Å². The van der Waals surface area contributed by atoms with Crippen LogP contribution in [0.5, 0.6) is 0 Å². The molecule has 0 amide bonds. The van der Waals surface area contributed by atoms with Crippen LogP contribution in [0.15, 0.2) is 0 Å². The zero-order valence-electron chi connectivity index (χ0n) is 18.7. The van der Waals surface area contributed by atoms with Crippen molar-refractivity contribution in [1.29, 1.82) is 0 Å². The second kappa shape index (κ2) is 44.3. The predicted octanol–water partition coefficient (Wildman–Crippen LogP) is 4.68. The smallest absolute Gasteiger partial charge is 0.159 e. The Bertz CT molecular complexity index is 168. The fourth-order valence-electron chi connectivity index (χ4n) is 1.10. The first-order valence-corrected chi connectivity index (χ1v) is 9.01. The Labute approximate surface area is 167 Å². The molecule has 0 saturated carbocycles. The molecule has 0 aliphatic rings. The molecule has 0 aliphatic heterocycles. The summed E-state index contributed by atoms with van der Waals surface area (Å²) in [6.07, 6.45) is 6.60. The van der Waals surface area contributed by atoms with E-state index in [0.29, 0.717) is 12.5 Å². The molecule has 0 spiro atoms. The molecule has 0 fully saturated rings. The van der Waals surface area contributed by atoms with E-state index in [-0.39, 0.29) is 26.6 Å². The first-order valence-electron chi connectivity index (χ1n) is 9.01. The average molecular weight is 393 g/mol. The topological polar surface area (TPSA) is 183 Å². The molecule has 7 heteroatoms. The number of hydrogen-bond donors (Lipinski definition) is 5. The summed E-state index contributed by atoms with van der Waals surface area (Å²) in [5.74, 6) is -0.288. The van der Waals surface area contributed by atoms with Crippen LogP contribution in [0.1, 0.15) is 96.3 Å². The summed E-state index contributed by atoms with van der Waals surface area (Å²) in [7, 11) is 0. The highest BCUT2D eigenvalue weighted by Gasteiger charge is 2.08. The van der Waals surface area contributed by atoms with Crippen LogP contribution in [-0.4, -0.2) is 36.1 Å². The Morgan fingerprint density at radius 1 is 0.962 bits per heavy atom. The fraction of sp³-hybridized carbons (Fsp3) is 1.00. The van der Waals surface area contributed by atoms with Crippen molar-refractivity contribution in [2.75, 3.05) is 19.7 Å². The molecule has 0 rings (SSSR count). The van der Waals surface area contributed by atoms with Crippen molar-refractivity contribution in [1.82, 2.24) is 12.3 Å². The third-order valence-electron chi connectivity index (χ3n) is 2.28. The van der Waals surface area contributed by atoms with Crippen molar-refractivity contribution in [3.8, 4) is 0 Å². The molecule has 0 heterocycles. The highest BCUT2D eigenvalue weighted by molar-refractivity contribution is 4.44. The van der Waals surface area contributed by atoms with Crippen LogP contribution in [-0.2, 0) is 4.74 Å². The number of rotatable bonds is 8. The van der Waals surface area contributed by atoms with Crippen molar-refractivity contribution in [3.63, 3.8) is 0 Å². The highest BCUT2D eigenvalue weighted by atomic mass is 16.6. The normalized spacial score (nSPS) is 8.31. The minimum absolute atomic E-state index is 0.